The van der Waals surface area contributed by atoms with Crippen molar-refractivity contribution in [2.24, 2.45) is 0 Å². The van der Waals surface area contributed by atoms with Gasteiger partial charge in [0.05, 0.1) is 16.2 Å². The molecule has 1 aromatic heterocycles. The zero-order valence-corrected chi connectivity index (χ0v) is 17.5. The van der Waals surface area contributed by atoms with Crippen LogP contribution in [0.2, 0.25) is 5.02 Å². The molecule has 4 rings (SSSR count). The molecule has 1 aliphatic heterocycles. The summed E-state index contributed by atoms with van der Waals surface area (Å²) in [6.45, 7) is 10.7. The van der Waals surface area contributed by atoms with Gasteiger partial charge in [-0.1, -0.05) is 41.4 Å². The number of hydrogen-bond acceptors (Lipinski definition) is 3. The highest BCUT2D eigenvalue weighted by atomic mass is 35.5. The van der Waals surface area contributed by atoms with Crippen molar-refractivity contribution in [2.75, 3.05) is 31.1 Å². The lowest BCUT2D eigenvalue weighted by atomic mass is 10.1. The molecular weight excluding hydrogens is 382 g/mol. The van der Waals surface area contributed by atoms with Crippen molar-refractivity contribution in [1.29, 1.82) is 0 Å². The van der Waals surface area contributed by atoms with Gasteiger partial charge in [-0.3, -0.25) is 9.69 Å². The van der Waals surface area contributed by atoms with E-state index in [0.717, 1.165) is 53.4 Å². The maximum absolute atomic E-state index is 13.1. The van der Waals surface area contributed by atoms with Crippen LogP contribution in [0, 0.1) is 6.92 Å². The number of fused-ring (bicyclic) bond motifs is 1. The van der Waals surface area contributed by atoms with Gasteiger partial charge in [-0.25, -0.2) is 0 Å². The largest absolute Gasteiger partial charge is 0.368 e. The zero-order chi connectivity index (χ0) is 20.4. The quantitative estimate of drug-likeness (QED) is 0.584. The molecule has 2 heterocycles. The molecule has 0 bridgehead atoms. The number of aromatic nitrogens is 1. The molecule has 0 amide bonds. The van der Waals surface area contributed by atoms with Crippen LogP contribution < -0.4 is 10.5 Å². The summed E-state index contributed by atoms with van der Waals surface area (Å²) in [4.78, 5) is 17.8. The van der Waals surface area contributed by atoms with Gasteiger partial charge in [-0.2, -0.15) is 0 Å². The number of benzene rings is 2. The van der Waals surface area contributed by atoms with Gasteiger partial charge in [0.1, 0.15) is 0 Å². The topological polar surface area (TPSA) is 28.5 Å². The molecule has 0 aliphatic carbocycles. The average Bonchev–Trinajstić information content (AvgIpc) is 2.72. The first-order valence-corrected chi connectivity index (χ1v) is 10.4. The summed E-state index contributed by atoms with van der Waals surface area (Å²) in [5.41, 5.74) is 4.17. The van der Waals surface area contributed by atoms with Crippen molar-refractivity contribution in [1.82, 2.24) is 9.47 Å². The lowest BCUT2D eigenvalue weighted by molar-refractivity contribution is 0.248. The SMILES string of the molecule is C=CCn1c(=O)c(CN2CCN(c3ccccc3Cl)CC2)cc2cc(C)ccc21. The molecule has 0 unspecified atom stereocenters. The Morgan fingerprint density at radius 3 is 2.55 bits per heavy atom. The Morgan fingerprint density at radius 1 is 1.07 bits per heavy atom. The molecule has 1 fully saturated rings. The Hall–Kier alpha value is -2.56. The third-order valence-corrected chi connectivity index (χ3v) is 5.91. The van der Waals surface area contributed by atoms with Gasteiger partial charge in [-0.05, 0) is 42.6 Å². The van der Waals surface area contributed by atoms with Crippen molar-refractivity contribution in [3.05, 3.63) is 87.7 Å². The van der Waals surface area contributed by atoms with Crippen molar-refractivity contribution in [3.8, 4) is 0 Å². The number of halogens is 1. The Morgan fingerprint density at radius 2 is 1.83 bits per heavy atom. The van der Waals surface area contributed by atoms with Gasteiger partial charge in [-0.15, -0.1) is 6.58 Å². The number of rotatable bonds is 5. The third kappa shape index (κ3) is 4.09. The molecule has 4 nitrogen and oxygen atoms in total. The first-order valence-electron chi connectivity index (χ1n) is 10.0. The summed E-state index contributed by atoms with van der Waals surface area (Å²) in [6.07, 6.45) is 1.78. The molecule has 3 aromatic rings. The van der Waals surface area contributed by atoms with E-state index >= 15 is 0 Å². The Balaban J connectivity index is 1.56. The summed E-state index contributed by atoms with van der Waals surface area (Å²) in [6, 6.07) is 16.3. The highest BCUT2D eigenvalue weighted by Gasteiger charge is 2.20. The fourth-order valence-corrected chi connectivity index (χ4v) is 4.34. The van der Waals surface area contributed by atoms with Gasteiger partial charge in [0.15, 0.2) is 0 Å². The van der Waals surface area contributed by atoms with Crippen LogP contribution in [-0.2, 0) is 13.1 Å². The fraction of sp³-hybridized carbons (Fsp3) is 0.292. The monoisotopic (exact) mass is 407 g/mol. The molecule has 0 atom stereocenters. The molecule has 29 heavy (non-hydrogen) atoms. The Labute approximate surface area is 176 Å². The minimum Gasteiger partial charge on any atom is -0.368 e. The summed E-state index contributed by atoms with van der Waals surface area (Å²) in [5, 5.41) is 1.90. The molecule has 0 N–H and O–H groups in total. The first-order chi connectivity index (χ1) is 14.1. The molecule has 150 valence electrons. The van der Waals surface area contributed by atoms with E-state index in [0.29, 0.717) is 13.1 Å². The van der Waals surface area contributed by atoms with E-state index in [1.807, 2.05) is 28.8 Å². The minimum absolute atomic E-state index is 0.0785. The molecule has 5 heteroatoms. The Kier molecular flexibility index (Phi) is 5.74. The van der Waals surface area contributed by atoms with Crippen molar-refractivity contribution in [2.45, 2.75) is 20.0 Å². The number of allylic oxidation sites excluding steroid dienone is 1. The smallest absolute Gasteiger partial charge is 0.255 e. The van der Waals surface area contributed by atoms with Crippen LogP contribution in [-0.4, -0.2) is 35.6 Å². The maximum Gasteiger partial charge on any atom is 0.255 e. The summed E-state index contributed by atoms with van der Waals surface area (Å²) < 4.78 is 1.83. The molecule has 0 saturated carbocycles. The predicted octanol–water partition coefficient (Wildman–Crippen LogP) is 4.47. The second-order valence-electron chi connectivity index (χ2n) is 7.65. The number of nitrogens with zero attached hydrogens (tertiary/aromatic N) is 3. The van der Waals surface area contributed by atoms with E-state index in [2.05, 4.69) is 47.6 Å². The molecule has 2 aromatic carbocycles. The molecule has 1 saturated heterocycles. The summed E-state index contributed by atoms with van der Waals surface area (Å²) in [7, 11) is 0. The second-order valence-corrected chi connectivity index (χ2v) is 8.06. The van der Waals surface area contributed by atoms with Gasteiger partial charge in [0.2, 0.25) is 0 Å². The highest BCUT2D eigenvalue weighted by molar-refractivity contribution is 6.33. The van der Waals surface area contributed by atoms with E-state index in [1.165, 1.54) is 5.56 Å². The standard InChI is InChI=1S/C24H26ClN3O/c1-3-10-28-22-9-8-18(2)15-19(22)16-20(24(28)29)17-26-11-13-27(14-12-26)23-7-5-4-6-21(23)25/h3-9,15-16H,1,10-14,17H2,2H3. The minimum atomic E-state index is 0.0785. The van der Waals surface area contributed by atoms with E-state index in [1.54, 1.807) is 6.08 Å². The summed E-state index contributed by atoms with van der Waals surface area (Å²) in [5.74, 6) is 0. The molecule has 0 spiro atoms. The van der Waals surface area contributed by atoms with Crippen LogP contribution in [0.4, 0.5) is 5.69 Å². The van der Waals surface area contributed by atoms with Gasteiger partial charge in [0.25, 0.3) is 5.56 Å². The van der Waals surface area contributed by atoms with Gasteiger partial charge in [0, 0.05) is 44.8 Å². The fourth-order valence-electron chi connectivity index (χ4n) is 4.09. The van der Waals surface area contributed by atoms with Crippen LogP contribution in [0.1, 0.15) is 11.1 Å². The van der Waals surface area contributed by atoms with E-state index in [9.17, 15) is 4.79 Å². The van der Waals surface area contributed by atoms with E-state index < -0.39 is 0 Å². The highest BCUT2D eigenvalue weighted by Crippen LogP contribution is 2.26. The Bertz CT molecular complexity index is 1100. The molecular formula is C24H26ClN3O. The lowest BCUT2D eigenvalue weighted by Crippen LogP contribution is -2.46. The van der Waals surface area contributed by atoms with Gasteiger partial charge >= 0.3 is 0 Å². The number of piperazine rings is 1. The van der Waals surface area contributed by atoms with Crippen molar-refractivity contribution in [3.63, 3.8) is 0 Å². The second kappa shape index (κ2) is 8.44. The van der Waals surface area contributed by atoms with Crippen molar-refractivity contribution < 1.29 is 0 Å². The average molecular weight is 408 g/mol. The maximum atomic E-state index is 13.1. The van der Waals surface area contributed by atoms with Crippen LogP contribution in [0.15, 0.2) is 66.0 Å². The van der Waals surface area contributed by atoms with Crippen LogP contribution in [0.25, 0.3) is 10.9 Å². The van der Waals surface area contributed by atoms with E-state index in [4.69, 9.17) is 11.6 Å². The van der Waals surface area contributed by atoms with Crippen LogP contribution >= 0.6 is 11.6 Å². The first kappa shape index (κ1) is 19.7. The molecule has 1 aliphatic rings. The van der Waals surface area contributed by atoms with Crippen LogP contribution in [0.5, 0.6) is 0 Å². The number of aryl methyl sites for hydroxylation is 1. The zero-order valence-electron chi connectivity index (χ0n) is 16.8. The van der Waals surface area contributed by atoms with Gasteiger partial charge < -0.3 is 9.47 Å². The third-order valence-electron chi connectivity index (χ3n) is 5.59. The van der Waals surface area contributed by atoms with E-state index in [-0.39, 0.29) is 5.56 Å². The number of anilines is 1. The summed E-state index contributed by atoms with van der Waals surface area (Å²) >= 11 is 6.35. The molecule has 0 radical (unpaired) electrons. The van der Waals surface area contributed by atoms with Crippen molar-refractivity contribution >= 4 is 28.2 Å². The predicted molar refractivity (Wildman–Crippen MR) is 122 cm³/mol. The van der Waals surface area contributed by atoms with Crippen LogP contribution in [0.3, 0.4) is 0 Å². The number of para-hydroxylation sites is 1. The number of hydrogen-bond donors (Lipinski definition) is 0. The number of pyridine rings is 1. The lowest BCUT2D eigenvalue weighted by Gasteiger charge is -2.36. The normalized spacial score (nSPS) is 15.0.